The van der Waals surface area contributed by atoms with E-state index in [9.17, 15) is 9.59 Å². The van der Waals surface area contributed by atoms with Gasteiger partial charge in [0.2, 0.25) is 0 Å². The zero-order chi connectivity index (χ0) is 13.8. The van der Waals surface area contributed by atoms with Crippen LogP contribution in [0.4, 0.5) is 0 Å². The van der Waals surface area contributed by atoms with Crippen LogP contribution in [0, 0.1) is 0 Å². The molecule has 0 aliphatic carbocycles. The topological polar surface area (TPSA) is 51.1 Å². The number of hydrogen-bond acceptors (Lipinski definition) is 2. The summed E-state index contributed by atoms with van der Waals surface area (Å²) in [6.45, 7) is 2.71. The molecule has 0 fully saturated rings. The second-order valence-corrected chi connectivity index (χ2v) is 4.58. The number of pyridine rings is 1. The molecule has 19 heavy (non-hydrogen) atoms. The summed E-state index contributed by atoms with van der Waals surface area (Å²) in [5.74, 6) is -0.178. The van der Waals surface area contributed by atoms with E-state index in [4.69, 9.17) is 0 Å². The van der Waals surface area contributed by atoms with E-state index in [1.807, 2.05) is 24.3 Å². The van der Waals surface area contributed by atoms with Gasteiger partial charge in [0.25, 0.3) is 11.5 Å². The minimum atomic E-state index is -0.178. The highest BCUT2D eigenvalue weighted by Gasteiger charge is 2.12. The van der Waals surface area contributed by atoms with Crippen molar-refractivity contribution in [1.82, 2.24) is 9.88 Å². The van der Waals surface area contributed by atoms with Crippen LogP contribution in [-0.2, 0) is 7.05 Å². The summed E-state index contributed by atoms with van der Waals surface area (Å²) >= 11 is 0. The van der Waals surface area contributed by atoms with Gasteiger partial charge in [-0.05, 0) is 12.5 Å². The van der Waals surface area contributed by atoms with Gasteiger partial charge in [-0.2, -0.15) is 0 Å². The van der Waals surface area contributed by atoms with Gasteiger partial charge in [0, 0.05) is 25.0 Å². The number of carbonyl (C=O) groups excluding carboxylic acids is 1. The molecule has 1 aromatic heterocycles. The molecule has 0 saturated carbocycles. The number of rotatable bonds is 4. The number of hydrogen-bond donors (Lipinski definition) is 1. The van der Waals surface area contributed by atoms with Crippen LogP contribution in [0.5, 0.6) is 0 Å². The number of fused-ring (bicyclic) bond motifs is 1. The number of unbranched alkanes of at least 4 members (excludes halogenated alkanes) is 1. The summed E-state index contributed by atoms with van der Waals surface area (Å²) in [6, 6.07) is 8.85. The van der Waals surface area contributed by atoms with Crippen molar-refractivity contribution in [2.24, 2.45) is 7.05 Å². The first-order chi connectivity index (χ1) is 9.15. The fourth-order valence-corrected chi connectivity index (χ4v) is 2.07. The van der Waals surface area contributed by atoms with Gasteiger partial charge in [-0.1, -0.05) is 31.5 Å². The largest absolute Gasteiger partial charge is 0.352 e. The number of para-hydroxylation sites is 1. The second kappa shape index (κ2) is 5.69. The predicted molar refractivity (Wildman–Crippen MR) is 76.4 cm³/mol. The van der Waals surface area contributed by atoms with Crippen molar-refractivity contribution >= 4 is 16.8 Å². The molecular formula is C15H18N2O2. The molecule has 1 aromatic carbocycles. The number of aryl methyl sites for hydroxylation is 1. The molecule has 0 radical (unpaired) electrons. The number of amides is 1. The summed E-state index contributed by atoms with van der Waals surface area (Å²) in [6.07, 6.45) is 1.96. The van der Waals surface area contributed by atoms with Gasteiger partial charge in [0.05, 0.1) is 11.1 Å². The van der Waals surface area contributed by atoms with Crippen LogP contribution >= 0.6 is 0 Å². The van der Waals surface area contributed by atoms with Crippen LogP contribution < -0.4 is 10.9 Å². The summed E-state index contributed by atoms with van der Waals surface area (Å²) < 4.78 is 1.55. The van der Waals surface area contributed by atoms with Crippen molar-refractivity contribution < 1.29 is 4.79 Å². The Balaban J connectivity index is 2.46. The van der Waals surface area contributed by atoms with Crippen molar-refractivity contribution in [1.29, 1.82) is 0 Å². The molecule has 1 heterocycles. The lowest BCUT2D eigenvalue weighted by molar-refractivity contribution is 0.0954. The Morgan fingerprint density at radius 3 is 2.79 bits per heavy atom. The Hall–Kier alpha value is -2.10. The minimum Gasteiger partial charge on any atom is -0.352 e. The monoisotopic (exact) mass is 258 g/mol. The lowest BCUT2D eigenvalue weighted by Gasteiger charge is -2.10. The number of nitrogens with one attached hydrogen (secondary N) is 1. The van der Waals surface area contributed by atoms with Crippen LogP contribution in [0.25, 0.3) is 10.9 Å². The third kappa shape index (κ3) is 2.67. The molecule has 0 spiro atoms. The highest BCUT2D eigenvalue weighted by atomic mass is 16.2. The summed E-state index contributed by atoms with van der Waals surface area (Å²) in [7, 11) is 1.71. The molecule has 4 heteroatoms. The van der Waals surface area contributed by atoms with Gasteiger partial charge < -0.3 is 9.88 Å². The third-order valence-electron chi connectivity index (χ3n) is 3.21. The smallest absolute Gasteiger partial charge is 0.252 e. The second-order valence-electron chi connectivity index (χ2n) is 4.58. The van der Waals surface area contributed by atoms with Crippen LogP contribution in [0.2, 0.25) is 0 Å². The molecule has 1 N–H and O–H groups in total. The van der Waals surface area contributed by atoms with Crippen molar-refractivity contribution in [2.75, 3.05) is 6.54 Å². The van der Waals surface area contributed by atoms with Crippen LogP contribution in [0.15, 0.2) is 35.1 Å². The Bertz CT molecular complexity index is 659. The first-order valence-electron chi connectivity index (χ1n) is 6.52. The first-order valence-corrected chi connectivity index (χ1v) is 6.52. The molecule has 0 atom stereocenters. The van der Waals surface area contributed by atoms with Gasteiger partial charge in [0.1, 0.15) is 0 Å². The molecule has 2 aromatic rings. The molecule has 0 bridgehead atoms. The predicted octanol–water partition coefficient (Wildman–Crippen LogP) is 2.07. The number of aromatic nitrogens is 1. The lowest BCUT2D eigenvalue weighted by atomic mass is 10.1. The van der Waals surface area contributed by atoms with Crippen molar-refractivity contribution in [3.8, 4) is 0 Å². The van der Waals surface area contributed by atoms with E-state index in [1.165, 1.54) is 6.07 Å². The summed E-state index contributed by atoms with van der Waals surface area (Å²) in [4.78, 5) is 24.0. The number of carbonyl (C=O) groups is 1. The van der Waals surface area contributed by atoms with E-state index >= 15 is 0 Å². The molecular weight excluding hydrogens is 240 g/mol. The molecule has 1 amide bonds. The van der Waals surface area contributed by atoms with Crippen LogP contribution in [-0.4, -0.2) is 17.0 Å². The highest BCUT2D eigenvalue weighted by Crippen LogP contribution is 2.15. The molecule has 0 aliphatic rings. The molecule has 0 unspecified atom stereocenters. The van der Waals surface area contributed by atoms with Crippen molar-refractivity contribution in [2.45, 2.75) is 19.8 Å². The van der Waals surface area contributed by atoms with E-state index in [0.717, 1.165) is 23.7 Å². The maximum absolute atomic E-state index is 12.1. The molecule has 100 valence electrons. The van der Waals surface area contributed by atoms with Gasteiger partial charge in [0.15, 0.2) is 0 Å². The number of nitrogens with zero attached hydrogens (tertiary/aromatic N) is 1. The minimum absolute atomic E-state index is 0.167. The molecule has 0 saturated heterocycles. The number of benzene rings is 1. The summed E-state index contributed by atoms with van der Waals surface area (Å²) in [5.41, 5.74) is 1.06. The Kier molecular flexibility index (Phi) is 4.00. The van der Waals surface area contributed by atoms with Crippen LogP contribution in [0.1, 0.15) is 30.1 Å². The zero-order valence-corrected chi connectivity index (χ0v) is 11.3. The quantitative estimate of drug-likeness (QED) is 0.853. The molecule has 2 rings (SSSR count). The fraction of sp³-hybridized carbons (Fsp3) is 0.333. The first kappa shape index (κ1) is 13.3. The van der Waals surface area contributed by atoms with Crippen molar-refractivity contribution in [3.05, 3.63) is 46.2 Å². The van der Waals surface area contributed by atoms with E-state index < -0.39 is 0 Å². The third-order valence-corrected chi connectivity index (χ3v) is 3.21. The lowest BCUT2D eigenvalue weighted by Crippen LogP contribution is -2.27. The highest BCUT2D eigenvalue weighted by molar-refractivity contribution is 6.06. The maximum atomic E-state index is 12.1. The van der Waals surface area contributed by atoms with E-state index in [1.54, 1.807) is 11.6 Å². The van der Waals surface area contributed by atoms with Gasteiger partial charge in [-0.25, -0.2) is 0 Å². The standard InChI is InChI=1S/C15H18N2O2/c1-3-4-9-16-15(19)12-10-14(18)17(2)13-8-6-5-7-11(12)13/h5-8,10H,3-4,9H2,1-2H3,(H,16,19). The Morgan fingerprint density at radius 2 is 2.05 bits per heavy atom. The van der Waals surface area contributed by atoms with Gasteiger partial charge in [-0.15, -0.1) is 0 Å². The molecule has 0 aliphatic heterocycles. The summed E-state index contributed by atoms with van der Waals surface area (Å²) in [5, 5.41) is 3.66. The van der Waals surface area contributed by atoms with E-state index in [2.05, 4.69) is 12.2 Å². The molecule has 4 nitrogen and oxygen atoms in total. The zero-order valence-electron chi connectivity index (χ0n) is 11.3. The van der Waals surface area contributed by atoms with Gasteiger partial charge >= 0.3 is 0 Å². The average Bonchev–Trinajstić information content (AvgIpc) is 2.43. The van der Waals surface area contributed by atoms with Crippen LogP contribution in [0.3, 0.4) is 0 Å². The van der Waals surface area contributed by atoms with E-state index in [-0.39, 0.29) is 11.5 Å². The fourth-order valence-electron chi connectivity index (χ4n) is 2.07. The maximum Gasteiger partial charge on any atom is 0.252 e. The SMILES string of the molecule is CCCCNC(=O)c1cc(=O)n(C)c2ccccc12. The normalized spacial score (nSPS) is 10.6. The van der Waals surface area contributed by atoms with Gasteiger partial charge in [-0.3, -0.25) is 9.59 Å². The van der Waals surface area contributed by atoms with E-state index in [0.29, 0.717) is 12.1 Å². The average molecular weight is 258 g/mol. The van der Waals surface area contributed by atoms with Crippen molar-refractivity contribution in [3.63, 3.8) is 0 Å². The Labute approximate surface area is 112 Å². The Morgan fingerprint density at radius 1 is 1.32 bits per heavy atom.